The topological polar surface area (TPSA) is 29.9 Å². The van der Waals surface area contributed by atoms with Gasteiger partial charge in [0.05, 0.1) is 15.9 Å². The minimum Gasteiger partial charge on any atom is -0.316 e. The van der Waals surface area contributed by atoms with Crippen molar-refractivity contribution in [1.82, 2.24) is 15.1 Å². The Labute approximate surface area is 123 Å². The molecule has 1 atom stereocenters. The fraction of sp³-hybridized carbons (Fsp3) is 0.769. The Morgan fingerprint density at radius 1 is 1.44 bits per heavy atom. The van der Waals surface area contributed by atoms with Crippen molar-refractivity contribution in [2.75, 3.05) is 12.8 Å². The molecule has 5 heteroatoms. The molecular weight excluding hydrogens is 310 g/mol. The Hall–Kier alpha value is -0.0000000000000000555. The van der Waals surface area contributed by atoms with Gasteiger partial charge in [0.2, 0.25) is 0 Å². The average Bonchev–Trinajstić information content (AvgIpc) is 2.60. The molecule has 0 bridgehead atoms. The van der Waals surface area contributed by atoms with E-state index in [2.05, 4.69) is 47.1 Å². The predicted octanol–water partition coefficient (Wildman–Crippen LogP) is 3.02. The van der Waals surface area contributed by atoms with E-state index in [1.807, 2.05) is 30.5 Å². The van der Waals surface area contributed by atoms with Gasteiger partial charge in [-0.15, -0.1) is 0 Å². The molecule has 0 saturated carbocycles. The Kier molecular flexibility index (Phi) is 6.74. The third kappa shape index (κ3) is 4.28. The van der Waals surface area contributed by atoms with Gasteiger partial charge < -0.3 is 5.32 Å². The SMILES string of the molecule is CCc1nn(C)c(CC(CSC(C)C)NC)c1Br. The van der Waals surface area contributed by atoms with Crippen molar-refractivity contribution in [3.05, 3.63) is 15.9 Å². The summed E-state index contributed by atoms with van der Waals surface area (Å²) >= 11 is 5.68. The van der Waals surface area contributed by atoms with Crippen LogP contribution >= 0.6 is 27.7 Å². The molecule has 1 N–H and O–H groups in total. The molecule has 18 heavy (non-hydrogen) atoms. The van der Waals surface area contributed by atoms with Gasteiger partial charge >= 0.3 is 0 Å². The smallest absolute Gasteiger partial charge is 0.0766 e. The zero-order valence-electron chi connectivity index (χ0n) is 12.0. The van der Waals surface area contributed by atoms with Crippen LogP contribution < -0.4 is 5.32 Å². The molecule has 0 fully saturated rings. The van der Waals surface area contributed by atoms with E-state index in [1.165, 1.54) is 10.2 Å². The number of halogens is 1. The van der Waals surface area contributed by atoms with Gasteiger partial charge in [0, 0.05) is 25.3 Å². The molecular formula is C13H24BrN3S. The molecule has 1 rings (SSSR count). The van der Waals surface area contributed by atoms with Crippen LogP contribution in [0.15, 0.2) is 4.47 Å². The zero-order chi connectivity index (χ0) is 13.7. The van der Waals surface area contributed by atoms with Crippen molar-refractivity contribution in [3.63, 3.8) is 0 Å². The second-order valence-electron chi connectivity index (χ2n) is 4.76. The second-order valence-corrected chi connectivity index (χ2v) is 7.16. The van der Waals surface area contributed by atoms with E-state index in [0.29, 0.717) is 11.3 Å². The summed E-state index contributed by atoms with van der Waals surface area (Å²) in [7, 11) is 4.07. The first-order valence-corrected chi connectivity index (χ1v) is 8.32. The van der Waals surface area contributed by atoms with E-state index in [4.69, 9.17) is 0 Å². The van der Waals surface area contributed by atoms with E-state index in [0.717, 1.165) is 24.3 Å². The first-order chi connectivity index (χ1) is 8.49. The Morgan fingerprint density at radius 3 is 2.56 bits per heavy atom. The maximum atomic E-state index is 4.55. The summed E-state index contributed by atoms with van der Waals surface area (Å²) in [6.07, 6.45) is 1.99. The number of aromatic nitrogens is 2. The van der Waals surface area contributed by atoms with Crippen LogP contribution in [0.2, 0.25) is 0 Å². The van der Waals surface area contributed by atoms with E-state index < -0.39 is 0 Å². The summed E-state index contributed by atoms with van der Waals surface area (Å²) in [5, 5.41) is 8.63. The lowest BCUT2D eigenvalue weighted by molar-refractivity contribution is 0.580. The highest BCUT2D eigenvalue weighted by Crippen LogP contribution is 2.23. The molecule has 0 amide bonds. The molecule has 0 aliphatic heterocycles. The average molecular weight is 334 g/mol. The number of hydrogen-bond donors (Lipinski definition) is 1. The lowest BCUT2D eigenvalue weighted by atomic mass is 10.1. The molecule has 104 valence electrons. The lowest BCUT2D eigenvalue weighted by Crippen LogP contribution is -2.31. The third-order valence-corrected chi connectivity index (χ3v) is 5.16. The van der Waals surface area contributed by atoms with Gasteiger partial charge in [0.25, 0.3) is 0 Å². The monoisotopic (exact) mass is 333 g/mol. The second kappa shape index (κ2) is 7.56. The van der Waals surface area contributed by atoms with Crippen molar-refractivity contribution >= 4 is 27.7 Å². The molecule has 0 radical (unpaired) electrons. The van der Waals surface area contributed by atoms with Crippen LogP contribution in [-0.2, 0) is 19.9 Å². The molecule has 0 aromatic carbocycles. The van der Waals surface area contributed by atoms with Gasteiger partial charge in [-0.25, -0.2) is 0 Å². The highest BCUT2D eigenvalue weighted by atomic mass is 79.9. The van der Waals surface area contributed by atoms with Crippen molar-refractivity contribution in [3.8, 4) is 0 Å². The molecule has 1 aromatic rings. The number of nitrogens with zero attached hydrogens (tertiary/aromatic N) is 2. The maximum Gasteiger partial charge on any atom is 0.0766 e. The predicted molar refractivity (Wildman–Crippen MR) is 84.4 cm³/mol. The van der Waals surface area contributed by atoms with Crippen molar-refractivity contribution in [2.45, 2.75) is 44.9 Å². The normalized spacial score (nSPS) is 13.3. The summed E-state index contributed by atoms with van der Waals surface area (Å²) in [6.45, 7) is 6.63. The molecule has 1 aromatic heterocycles. The van der Waals surface area contributed by atoms with Crippen LogP contribution in [0.1, 0.15) is 32.2 Å². The Bertz CT molecular complexity index is 377. The standard InChI is InChI=1S/C13H24BrN3S/c1-6-11-13(14)12(17(5)16-11)7-10(15-4)8-18-9(2)3/h9-10,15H,6-8H2,1-5H3. The van der Waals surface area contributed by atoms with Crippen LogP contribution in [-0.4, -0.2) is 33.9 Å². The fourth-order valence-corrected chi connectivity index (χ4v) is 3.51. The molecule has 0 saturated heterocycles. The summed E-state index contributed by atoms with van der Waals surface area (Å²) in [4.78, 5) is 0. The number of rotatable bonds is 7. The van der Waals surface area contributed by atoms with E-state index >= 15 is 0 Å². The van der Waals surface area contributed by atoms with Crippen LogP contribution in [0.25, 0.3) is 0 Å². The van der Waals surface area contributed by atoms with Gasteiger partial charge in [-0.2, -0.15) is 16.9 Å². The van der Waals surface area contributed by atoms with E-state index in [9.17, 15) is 0 Å². The van der Waals surface area contributed by atoms with Gasteiger partial charge in [-0.1, -0.05) is 20.8 Å². The van der Waals surface area contributed by atoms with Crippen molar-refractivity contribution in [2.24, 2.45) is 7.05 Å². The van der Waals surface area contributed by atoms with Crippen molar-refractivity contribution < 1.29 is 0 Å². The quantitative estimate of drug-likeness (QED) is 0.831. The highest BCUT2D eigenvalue weighted by molar-refractivity contribution is 9.10. The number of aryl methyl sites for hydroxylation is 2. The molecule has 3 nitrogen and oxygen atoms in total. The summed E-state index contributed by atoms with van der Waals surface area (Å²) in [5.41, 5.74) is 2.44. The zero-order valence-corrected chi connectivity index (χ0v) is 14.4. The van der Waals surface area contributed by atoms with Gasteiger partial charge in [-0.05, 0) is 34.6 Å². The summed E-state index contributed by atoms with van der Waals surface area (Å²) in [6, 6.07) is 0.494. The number of hydrogen-bond acceptors (Lipinski definition) is 3. The van der Waals surface area contributed by atoms with E-state index in [-0.39, 0.29) is 0 Å². The van der Waals surface area contributed by atoms with Gasteiger partial charge in [-0.3, -0.25) is 4.68 Å². The minimum absolute atomic E-state index is 0.494. The number of nitrogens with one attached hydrogen (secondary N) is 1. The summed E-state index contributed by atoms with van der Waals surface area (Å²) < 4.78 is 3.19. The molecule has 0 aliphatic carbocycles. The Balaban J connectivity index is 2.72. The minimum atomic E-state index is 0.494. The molecule has 1 unspecified atom stereocenters. The van der Waals surface area contributed by atoms with E-state index in [1.54, 1.807) is 0 Å². The first-order valence-electron chi connectivity index (χ1n) is 6.48. The lowest BCUT2D eigenvalue weighted by Gasteiger charge is -2.17. The molecule has 0 aliphatic rings. The highest BCUT2D eigenvalue weighted by Gasteiger charge is 2.17. The third-order valence-electron chi connectivity index (χ3n) is 2.98. The van der Waals surface area contributed by atoms with Crippen LogP contribution in [0.5, 0.6) is 0 Å². The fourth-order valence-electron chi connectivity index (χ4n) is 1.83. The largest absolute Gasteiger partial charge is 0.316 e. The summed E-state index contributed by atoms with van der Waals surface area (Å²) in [5.74, 6) is 1.13. The van der Waals surface area contributed by atoms with Crippen LogP contribution in [0, 0.1) is 0 Å². The number of likely N-dealkylation sites (N-methyl/N-ethyl adjacent to an activating group) is 1. The number of thioether (sulfide) groups is 1. The van der Waals surface area contributed by atoms with Gasteiger partial charge in [0.1, 0.15) is 0 Å². The maximum absolute atomic E-state index is 4.55. The van der Waals surface area contributed by atoms with Crippen LogP contribution in [0.3, 0.4) is 0 Å². The van der Waals surface area contributed by atoms with Gasteiger partial charge in [0.15, 0.2) is 0 Å². The Morgan fingerprint density at radius 2 is 2.11 bits per heavy atom. The first kappa shape index (κ1) is 16.1. The molecule has 0 spiro atoms. The molecule has 1 heterocycles. The van der Waals surface area contributed by atoms with Crippen LogP contribution in [0.4, 0.5) is 0 Å². The van der Waals surface area contributed by atoms with Crippen molar-refractivity contribution in [1.29, 1.82) is 0 Å².